The molecule has 2 amide bonds. The Morgan fingerprint density at radius 1 is 1.13 bits per heavy atom. The summed E-state index contributed by atoms with van der Waals surface area (Å²) in [5, 5.41) is 2.73. The van der Waals surface area contributed by atoms with Crippen LogP contribution < -0.4 is 15.0 Å². The van der Waals surface area contributed by atoms with E-state index in [1.165, 1.54) is 49.5 Å². The molecule has 3 aromatic rings. The van der Waals surface area contributed by atoms with Crippen molar-refractivity contribution in [1.29, 1.82) is 0 Å². The molecule has 31 heavy (non-hydrogen) atoms. The molecule has 0 aliphatic carbocycles. The van der Waals surface area contributed by atoms with Gasteiger partial charge < -0.3 is 10.1 Å². The van der Waals surface area contributed by atoms with Crippen LogP contribution >= 0.6 is 23.2 Å². The third-order valence-electron chi connectivity index (χ3n) is 4.23. The maximum absolute atomic E-state index is 13.6. The molecule has 160 valence electrons. The predicted octanol–water partition coefficient (Wildman–Crippen LogP) is 4.80. The zero-order chi connectivity index (χ0) is 22.5. The van der Waals surface area contributed by atoms with Crippen molar-refractivity contribution in [2.24, 2.45) is 0 Å². The fraction of sp³-hybridized carbons (Fsp3) is 0.143. The molecule has 1 aromatic carbocycles. The topological polar surface area (TPSA) is 84.4 Å². The van der Waals surface area contributed by atoms with Crippen LogP contribution in [0.15, 0.2) is 48.8 Å². The summed E-state index contributed by atoms with van der Waals surface area (Å²) in [7, 11) is 1.41. The zero-order valence-electron chi connectivity index (χ0n) is 16.5. The molecule has 2 aromatic heterocycles. The summed E-state index contributed by atoms with van der Waals surface area (Å²) in [5.41, 5.74) is 1.06. The van der Waals surface area contributed by atoms with Gasteiger partial charge in [-0.05, 0) is 23.8 Å². The number of carbonyl (C=O) groups excluding carboxylic acids is 2. The van der Waals surface area contributed by atoms with E-state index in [2.05, 4.69) is 15.3 Å². The maximum Gasteiger partial charge on any atom is 0.234 e. The fourth-order valence-corrected chi connectivity index (χ4v) is 3.33. The summed E-state index contributed by atoms with van der Waals surface area (Å²) in [6, 6.07) is 8.88. The highest BCUT2D eigenvalue weighted by molar-refractivity contribution is 6.35. The molecule has 0 unspecified atom stereocenters. The van der Waals surface area contributed by atoms with Crippen LogP contribution in [0.4, 0.5) is 21.6 Å². The van der Waals surface area contributed by atoms with Gasteiger partial charge in [0.05, 0.1) is 24.2 Å². The van der Waals surface area contributed by atoms with Gasteiger partial charge in [0.1, 0.15) is 16.7 Å². The lowest BCUT2D eigenvalue weighted by Gasteiger charge is -2.22. The first-order valence-corrected chi connectivity index (χ1v) is 9.75. The van der Waals surface area contributed by atoms with Crippen molar-refractivity contribution in [1.82, 2.24) is 9.97 Å². The number of aromatic nitrogens is 2. The van der Waals surface area contributed by atoms with Crippen molar-refractivity contribution in [2.75, 3.05) is 17.3 Å². The van der Waals surface area contributed by atoms with Crippen LogP contribution in [0.3, 0.4) is 0 Å². The lowest BCUT2D eigenvalue weighted by Crippen LogP contribution is -2.24. The number of ether oxygens (including phenoxy) is 1. The van der Waals surface area contributed by atoms with Crippen LogP contribution in [0.25, 0.3) is 0 Å². The molecule has 0 radical (unpaired) electrons. The SMILES string of the molecule is COc1nccc(N(C(C)=O)c2cc(NC(=O)Cc3cccc(F)c3Cl)ccn2)c1Cl. The van der Waals surface area contributed by atoms with Gasteiger partial charge in [0.2, 0.25) is 17.7 Å². The molecule has 0 bridgehead atoms. The summed E-state index contributed by atoms with van der Waals surface area (Å²) >= 11 is 12.2. The van der Waals surface area contributed by atoms with Crippen molar-refractivity contribution in [3.63, 3.8) is 0 Å². The highest BCUT2D eigenvalue weighted by Gasteiger charge is 2.21. The molecule has 0 saturated heterocycles. The van der Waals surface area contributed by atoms with Gasteiger partial charge >= 0.3 is 0 Å². The summed E-state index contributed by atoms with van der Waals surface area (Å²) in [5.74, 6) is -0.994. The van der Waals surface area contributed by atoms with Gasteiger partial charge in [-0.15, -0.1) is 0 Å². The van der Waals surface area contributed by atoms with E-state index in [1.807, 2.05) is 0 Å². The van der Waals surface area contributed by atoms with Crippen LogP contribution in [0.5, 0.6) is 5.88 Å². The summed E-state index contributed by atoms with van der Waals surface area (Å²) in [6.07, 6.45) is 2.75. The van der Waals surface area contributed by atoms with E-state index in [0.717, 1.165) is 0 Å². The van der Waals surface area contributed by atoms with Crippen molar-refractivity contribution >= 4 is 52.2 Å². The molecule has 0 saturated carbocycles. The number of carbonyl (C=O) groups is 2. The van der Waals surface area contributed by atoms with E-state index >= 15 is 0 Å². The van der Waals surface area contributed by atoms with Crippen molar-refractivity contribution in [3.8, 4) is 5.88 Å². The Kier molecular flexibility index (Phi) is 7.04. The maximum atomic E-state index is 13.6. The lowest BCUT2D eigenvalue weighted by molar-refractivity contribution is -0.116. The number of pyridine rings is 2. The van der Waals surface area contributed by atoms with Gasteiger partial charge in [-0.2, -0.15) is 0 Å². The number of nitrogens with one attached hydrogen (secondary N) is 1. The number of nitrogens with zero attached hydrogens (tertiary/aromatic N) is 3. The third kappa shape index (κ3) is 5.10. The number of rotatable bonds is 6. The monoisotopic (exact) mass is 462 g/mol. The number of hydrogen-bond acceptors (Lipinski definition) is 5. The largest absolute Gasteiger partial charge is 0.480 e. The Morgan fingerprint density at radius 3 is 2.58 bits per heavy atom. The van der Waals surface area contributed by atoms with Gasteiger partial charge in [0, 0.05) is 31.1 Å². The minimum absolute atomic E-state index is 0.0999. The molecular weight excluding hydrogens is 446 g/mol. The van der Waals surface area contributed by atoms with Gasteiger partial charge in [-0.1, -0.05) is 35.3 Å². The Bertz CT molecular complexity index is 1140. The standard InChI is InChI=1S/C21H17Cl2FN4O3/c1-12(29)28(16-7-9-26-21(31-2)20(16)23)17-11-14(6-8-25-17)27-18(30)10-13-4-3-5-15(24)19(13)22/h3-9,11H,10H2,1-2H3,(H,25,27,30). The Morgan fingerprint density at radius 2 is 1.87 bits per heavy atom. The van der Waals surface area contributed by atoms with E-state index < -0.39 is 11.7 Å². The number of benzene rings is 1. The summed E-state index contributed by atoms with van der Waals surface area (Å²) in [4.78, 5) is 34.3. The molecule has 1 N–H and O–H groups in total. The molecule has 0 aliphatic heterocycles. The fourth-order valence-electron chi connectivity index (χ4n) is 2.87. The first-order valence-electron chi connectivity index (χ1n) is 8.99. The highest BCUT2D eigenvalue weighted by atomic mass is 35.5. The number of hydrogen-bond donors (Lipinski definition) is 1. The van der Waals surface area contributed by atoms with Crippen LogP contribution in [0.1, 0.15) is 12.5 Å². The Hall–Kier alpha value is -3.23. The molecule has 0 aliphatic rings. The smallest absolute Gasteiger partial charge is 0.234 e. The minimum Gasteiger partial charge on any atom is -0.480 e. The molecule has 0 atom stereocenters. The van der Waals surface area contributed by atoms with E-state index in [0.29, 0.717) is 16.9 Å². The second-order valence-corrected chi connectivity index (χ2v) is 7.10. The minimum atomic E-state index is -0.597. The van der Waals surface area contributed by atoms with Gasteiger partial charge in [0.25, 0.3) is 0 Å². The summed E-state index contributed by atoms with van der Waals surface area (Å²) < 4.78 is 18.7. The zero-order valence-corrected chi connectivity index (χ0v) is 18.0. The Labute approximate surface area is 187 Å². The highest BCUT2D eigenvalue weighted by Crippen LogP contribution is 2.36. The molecule has 10 heteroatoms. The normalized spacial score (nSPS) is 10.5. The van der Waals surface area contributed by atoms with Crippen LogP contribution in [-0.4, -0.2) is 28.9 Å². The van der Waals surface area contributed by atoms with Gasteiger partial charge in [-0.3, -0.25) is 14.5 Å². The molecule has 3 rings (SSSR count). The van der Waals surface area contributed by atoms with E-state index in [-0.39, 0.29) is 34.1 Å². The van der Waals surface area contributed by atoms with Crippen molar-refractivity contribution in [3.05, 3.63) is 70.2 Å². The predicted molar refractivity (Wildman–Crippen MR) is 117 cm³/mol. The first kappa shape index (κ1) is 22.5. The average Bonchev–Trinajstić information content (AvgIpc) is 2.73. The van der Waals surface area contributed by atoms with Crippen LogP contribution in [0.2, 0.25) is 10.0 Å². The molecule has 0 fully saturated rings. The van der Waals surface area contributed by atoms with E-state index in [9.17, 15) is 14.0 Å². The second-order valence-electron chi connectivity index (χ2n) is 6.35. The lowest BCUT2D eigenvalue weighted by atomic mass is 10.1. The van der Waals surface area contributed by atoms with Crippen molar-refractivity contribution < 1.29 is 18.7 Å². The van der Waals surface area contributed by atoms with E-state index in [4.69, 9.17) is 27.9 Å². The number of amides is 2. The molecule has 0 spiro atoms. The van der Waals surface area contributed by atoms with Gasteiger partial charge in [-0.25, -0.2) is 14.4 Å². The van der Waals surface area contributed by atoms with Crippen molar-refractivity contribution in [2.45, 2.75) is 13.3 Å². The van der Waals surface area contributed by atoms with Gasteiger partial charge in [0.15, 0.2) is 0 Å². The van der Waals surface area contributed by atoms with Crippen LogP contribution in [-0.2, 0) is 16.0 Å². The molecular formula is C21H17Cl2FN4O3. The summed E-state index contributed by atoms with van der Waals surface area (Å²) in [6.45, 7) is 1.35. The number of anilines is 3. The number of halogens is 3. The van der Waals surface area contributed by atoms with E-state index in [1.54, 1.807) is 18.2 Å². The Balaban J connectivity index is 1.86. The number of methoxy groups -OCH3 is 1. The first-order chi connectivity index (χ1) is 14.8. The third-order valence-corrected chi connectivity index (χ3v) is 5.01. The van der Waals surface area contributed by atoms with Crippen LogP contribution in [0, 0.1) is 5.82 Å². The average molecular weight is 463 g/mol. The molecule has 7 nitrogen and oxygen atoms in total. The molecule has 2 heterocycles. The second kappa shape index (κ2) is 9.72. The quantitative estimate of drug-likeness (QED) is 0.568.